The summed E-state index contributed by atoms with van der Waals surface area (Å²) in [4.78, 5) is 49.8. The molecule has 2 N–H and O–H groups in total. The number of H-pyrrole nitrogens is 1. The first-order valence-electron chi connectivity index (χ1n) is 12.4. The highest BCUT2D eigenvalue weighted by atomic mass is 31.2. The van der Waals surface area contributed by atoms with Gasteiger partial charge in [-0.05, 0) is 54.4 Å². The summed E-state index contributed by atoms with van der Waals surface area (Å²) in [6.07, 6.45) is -2.59. The summed E-state index contributed by atoms with van der Waals surface area (Å²) in [7, 11) is -2.60. The van der Waals surface area contributed by atoms with Crippen LogP contribution in [0, 0.1) is 10.8 Å². The van der Waals surface area contributed by atoms with Gasteiger partial charge in [0.05, 0.1) is 23.1 Å². The smallest absolute Gasteiger partial charge is 0.336 e. The number of rotatable bonds is 12. The largest absolute Gasteiger partial charge is 0.438 e. The van der Waals surface area contributed by atoms with Gasteiger partial charge in [-0.3, -0.25) is 37.5 Å². The lowest BCUT2D eigenvalue weighted by molar-refractivity contribution is -0.162. The van der Waals surface area contributed by atoms with Crippen LogP contribution >= 0.6 is 7.60 Å². The molecule has 0 saturated carbocycles. The van der Waals surface area contributed by atoms with Crippen molar-refractivity contribution in [3.63, 3.8) is 0 Å². The van der Waals surface area contributed by atoms with E-state index in [4.69, 9.17) is 28.0 Å². The minimum atomic E-state index is -3.94. The summed E-state index contributed by atoms with van der Waals surface area (Å²) in [6.45, 7) is 8.58. The van der Waals surface area contributed by atoms with Gasteiger partial charge in [-0.2, -0.15) is 0 Å². The van der Waals surface area contributed by atoms with Crippen LogP contribution in [0.15, 0.2) is 21.9 Å². The average molecular weight is 579 g/mol. The lowest BCUT2D eigenvalue weighted by Gasteiger charge is -2.22. The van der Waals surface area contributed by atoms with Crippen LogP contribution in [0.4, 0.5) is 0 Å². The highest BCUT2D eigenvalue weighted by Gasteiger charge is 2.45. The second kappa shape index (κ2) is 13.3. The lowest BCUT2D eigenvalue weighted by Crippen LogP contribution is -2.38. The Hall–Kier alpha value is -2.35. The zero-order valence-corrected chi connectivity index (χ0v) is 24.2. The Bertz CT molecular complexity index is 1110. The minimum absolute atomic E-state index is 0.142. The van der Waals surface area contributed by atoms with Crippen molar-refractivity contribution in [2.75, 3.05) is 26.9 Å². The van der Waals surface area contributed by atoms with Gasteiger partial charge in [0, 0.05) is 19.4 Å². The Morgan fingerprint density at radius 1 is 1.05 bits per heavy atom. The highest BCUT2D eigenvalue weighted by Crippen LogP contribution is 2.49. The number of hydrogen-bond donors (Lipinski definition) is 2. The van der Waals surface area contributed by atoms with Gasteiger partial charge in [-0.15, -0.1) is 0 Å². The molecular weight excluding hydrogens is 539 g/mol. The molecular formula is C24H39N2O12P. The number of aliphatic hydroxyl groups excluding tert-OH is 1. The fourth-order valence-corrected chi connectivity index (χ4v) is 4.80. The predicted octanol–water partition coefficient (Wildman–Crippen LogP) is 1.91. The van der Waals surface area contributed by atoms with Crippen LogP contribution in [-0.4, -0.2) is 71.8 Å². The third-order valence-corrected chi connectivity index (χ3v) is 7.60. The molecule has 0 spiro atoms. The molecule has 4 atom stereocenters. The summed E-state index contributed by atoms with van der Waals surface area (Å²) in [5.41, 5.74) is -2.94. The van der Waals surface area contributed by atoms with Crippen LogP contribution in [0.3, 0.4) is 0 Å². The van der Waals surface area contributed by atoms with Crippen molar-refractivity contribution in [1.29, 1.82) is 0 Å². The van der Waals surface area contributed by atoms with E-state index in [9.17, 15) is 28.8 Å². The maximum absolute atomic E-state index is 13.4. The van der Waals surface area contributed by atoms with Gasteiger partial charge >= 0.3 is 25.2 Å². The van der Waals surface area contributed by atoms with Gasteiger partial charge < -0.3 is 24.1 Å². The van der Waals surface area contributed by atoms with Crippen LogP contribution in [0.5, 0.6) is 0 Å². The number of aromatic nitrogens is 2. The molecule has 14 nitrogen and oxygen atoms in total. The van der Waals surface area contributed by atoms with E-state index < -0.39 is 79.7 Å². The number of hydrogen-bond acceptors (Lipinski definition) is 12. The number of ether oxygens (including phenoxy) is 4. The molecule has 0 amide bonds. The van der Waals surface area contributed by atoms with Crippen molar-refractivity contribution in [2.24, 2.45) is 10.8 Å². The van der Waals surface area contributed by atoms with Crippen LogP contribution < -0.4 is 11.2 Å². The molecule has 1 aliphatic rings. The minimum Gasteiger partial charge on any atom is -0.438 e. The Morgan fingerprint density at radius 2 is 1.59 bits per heavy atom. The molecule has 1 saturated heterocycles. The zero-order valence-electron chi connectivity index (χ0n) is 23.3. The van der Waals surface area contributed by atoms with Crippen molar-refractivity contribution in [3.05, 3.63) is 33.1 Å². The Kier molecular flexibility index (Phi) is 11.2. The van der Waals surface area contributed by atoms with Gasteiger partial charge in [0.2, 0.25) is 13.6 Å². The highest BCUT2D eigenvalue weighted by molar-refractivity contribution is 7.53. The Morgan fingerprint density at radius 3 is 2.05 bits per heavy atom. The van der Waals surface area contributed by atoms with Crippen molar-refractivity contribution in [3.8, 4) is 0 Å². The third-order valence-electron chi connectivity index (χ3n) is 5.73. The van der Waals surface area contributed by atoms with E-state index >= 15 is 0 Å². The second-order valence-electron chi connectivity index (χ2n) is 11.1. The Labute approximate surface area is 226 Å². The first kappa shape index (κ1) is 32.9. The molecule has 39 heavy (non-hydrogen) atoms. The normalized spacial score (nSPS) is 22.1. The van der Waals surface area contributed by atoms with E-state index in [-0.39, 0.29) is 19.0 Å². The van der Waals surface area contributed by atoms with Gasteiger partial charge in [-0.1, -0.05) is 0 Å². The average Bonchev–Trinajstić information content (AvgIpc) is 3.12. The fourth-order valence-electron chi connectivity index (χ4n) is 3.47. The van der Waals surface area contributed by atoms with E-state index in [1.54, 1.807) is 41.5 Å². The van der Waals surface area contributed by atoms with Crippen molar-refractivity contribution >= 4 is 19.5 Å². The summed E-state index contributed by atoms with van der Waals surface area (Å²) in [5, 5.41) is 10.7. The predicted molar refractivity (Wildman–Crippen MR) is 137 cm³/mol. The molecule has 222 valence electrons. The molecule has 2 rings (SSSR count). The number of aromatic amines is 1. The monoisotopic (exact) mass is 578 g/mol. The topological polar surface area (TPSA) is 182 Å². The van der Waals surface area contributed by atoms with Gasteiger partial charge in [-0.25, -0.2) is 4.79 Å². The molecule has 1 fully saturated rings. The Balaban J connectivity index is 2.05. The first-order valence-corrected chi connectivity index (χ1v) is 14.1. The SMILES string of the molecule is CO[C@@H]1[C@H](O)[C@@H](CCCP(=O)(OCOC(=O)C(C)(C)C)OCOC(=O)C(C)(C)C)O[C@H]1n1ccc(=O)[nH]c1=O. The molecule has 2 heterocycles. The number of nitrogens with zero attached hydrogens (tertiary/aromatic N) is 1. The zero-order chi connectivity index (χ0) is 29.6. The van der Waals surface area contributed by atoms with Gasteiger partial charge in [0.25, 0.3) is 5.56 Å². The van der Waals surface area contributed by atoms with Crippen LogP contribution in [0.1, 0.15) is 60.6 Å². The number of aliphatic hydroxyl groups is 1. The van der Waals surface area contributed by atoms with E-state index in [0.29, 0.717) is 0 Å². The molecule has 1 aromatic heterocycles. The second-order valence-corrected chi connectivity index (χ2v) is 13.3. The van der Waals surface area contributed by atoms with Crippen molar-refractivity contribution in [1.82, 2.24) is 9.55 Å². The van der Waals surface area contributed by atoms with Crippen molar-refractivity contribution in [2.45, 2.75) is 78.9 Å². The molecule has 0 radical (unpaired) electrons. The summed E-state index contributed by atoms with van der Waals surface area (Å²) < 4.78 is 46.3. The number of carbonyl (C=O) groups is 2. The number of methoxy groups -OCH3 is 1. The summed E-state index contributed by atoms with van der Waals surface area (Å²) >= 11 is 0. The van der Waals surface area contributed by atoms with Crippen LogP contribution in [0.2, 0.25) is 0 Å². The third kappa shape index (κ3) is 9.37. The van der Waals surface area contributed by atoms with Crippen LogP contribution in [0.25, 0.3) is 0 Å². The van der Waals surface area contributed by atoms with Gasteiger partial charge in [0.15, 0.2) is 6.23 Å². The van der Waals surface area contributed by atoms with E-state index in [1.165, 1.54) is 13.3 Å². The fraction of sp³-hybridized carbons (Fsp3) is 0.750. The van der Waals surface area contributed by atoms with E-state index in [2.05, 4.69) is 4.98 Å². The molecule has 0 bridgehead atoms. The molecule has 0 aromatic carbocycles. The standard InChI is InChI=1S/C24H39N2O12P/c1-23(2,3)20(29)34-13-36-39(32,37-14-35-21(30)24(4,5)6)12-8-9-15-17(28)18(33-7)19(38-15)26-11-10-16(27)25-22(26)31/h10-11,15,17-19,28H,8-9,12-14H2,1-7H3,(H,25,27,31)/t15-,17-,18-,19-/m1/s1. The molecule has 0 aliphatic carbocycles. The number of esters is 2. The summed E-state index contributed by atoms with van der Waals surface area (Å²) in [6, 6.07) is 1.14. The summed E-state index contributed by atoms with van der Waals surface area (Å²) in [5.74, 6) is -1.16. The number of nitrogens with one attached hydrogen (secondary N) is 1. The molecule has 15 heteroatoms. The first-order chi connectivity index (χ1) is 18.0. The maximum atomic E-state index is 13.4. The van der Waals surface area contributed by atoms with E-state index in [0.717, 1.165) is 10.6 Å². The molecule has 1 aromatic rings. The van der Waals surface area contributed by atoms with Gasteiger partial charge in [0.1, 0.15) is 12.2 Å². The number of carbonyl (C=O) groups excluding carboxylic acids is 2. The van der Waals surface area contributed by atoms with E-state index in [1.807, 2.05) is 0 Å². The molecule has 1 aliphatic heterocycles. The van der Waals surface area contributed by atoms with Crippen molar-refractivity contribution < 1.29 is 47.3 Å². The lowest BCUT2D eigenvalue weighted by atomic mass is 9.98. The van der Waals surface area contributed by atoms with Crippen LogP contribution in [-0.2, 0) is 42.1 Å². The maximum Gasteiger partial charge on any atom is 0.336 e. The quantitative estimate of drug-likeness (QED) is 0.209. The molecule has 0 unspecified atom stereocenters.